The maximum absolute atomic E-state index is 11.3. The van der Waals surface area contributed by atoms with E-state index in [1.165, 1.54) is 49.8 Å². The summed E-state index contributed by atoms with van der Waals surface area (Å²) in [4.78, 5) is 23.7. The van der Waals surface area contributed by atoms with Gasteiger partial charge in [0.2, 0.25) is 5.91 Å². The summed E-state index contributed by atoms with van der Waals surface area (Å²) >= 11 is 0. The Morgan fingerprint density at radius 3 is 2.50 bits per heavy atom. The number of rotatable bonds is 7. The zero-order valence-corrected chi connectivity index (χ0v) is 12.1. The molecule has 20 heavy (non-hydrogen) atoms. The van der Waals surface area contributed by atoms with E-state index in [-0.39, 0.29) is 5.91 Å². The van der Waals surface area contributed by atoms with Crippen LogP contribution in [0.4, 0.5) is 4.79 Å². The number of β-lactam (4-membered cyclic amide) rings is 1. The van der Waals surface area contributed by atoms with Gasteiger partial charge in [-0.15, -0.1) is 0 Å². The molecule has 2 N–H and O–H groups in total. The van der Waals surface area contributed by atoms with E-state index in [2.05, 4.69) is 5.32 Å². The fraction of sp³-hybridized carbons (Fsp3) is 0.867. The Morgan fingerprint density at radius 2 is 1.95 bits per heavy atom. The Balaban J connectivity index is 1.58. The second-order valence-electron chi connectivity index (χ2n) is 6.09. The first-order valence-electron chi connectivity index (χ1n) is 7.96. The van der Waals surface area contributed by atoms with E-state index in [1.54, 1.807) is 0 Å². The van der Waals surface area contributed by atoms with Crippen LogP contribution in [0, 0.1) is 5.92 Å². The number of nitrogens with one attached hydrogen (secondary N) is 1. The Morgan fingerprint density at radius 1 is 1.20 bits per heavy atom. The molecule has 1 heterocycles. The van der Waals surface area contributed by atoms with Crippen molar-refractivity contribution in [1.29, 1.82) is 0 Å². The maximum Gasteiger partial charge on any atom is 0.408 e. The summed E-state index contributed by atoms with van der Waals surface area (Å²) in [6, 6.07) is -0.453. The molecule has 0 unspecified atom stereocenters. The first kappa shape index (κ1) is 15.1. The molecule has 1 atom stereocenters. The summed E-state index contributed by atoms with van der Waals surface area (Å²) in [5.74, 6) is 0.742. The van der Waals surface area contributed by atoms with Crippen LogP contribution < -0.4 is 5.32 Å². The molecule has 0 aromatic heterocycles. The van der Waals surface area contributed by atoms with Gasteiger partial charge in [-0.2, -0.15) is 0 Å². The van der Waals surface area contributed by atoms with E-state index in [4.69, 9.17) is 5.11 Å². The van der Waals surface area contributed by atoms with Gasteiger partial charge in [0.25, 0.3) is 0 Å². The Bertz CT molecular complexity index is 340. The minimum atomic E-state index is -0.975. The molecule has 1 aliphatic heterocycles. The Labute approximate surface area is 120 Å². The van der Waals surface area contributed by atoms with Crippen LogP contribution in [-0.2, 0) is 4.79 Å². The lowest BCUT2D eigenvalue weighted by Gasteiger charge is -2.34. The first-order valence-corrected chi connectivity index (χ1v) is 7.96. The number of carbonyl (C=O) groups excluding carboxylic acids is 1. The highest BCUT2D eigenvalue weighted by Crippen LogP contribution is 2.27. The number of hydrogen-bond donors (Lipinski definition) is 2. The van der Waals surface area contributed by atoms with Gasteiger partial charge in [-0.05, 0) is 12.3 Å². The van der Waals surface area contributed by atoms with E-state index in [9.17, 15) is 9.59 Å². The van der Waals surface area contributed by atoms with Gasteiger partial charge >= 0.3 is 6.09 Å². The van der Waals surface area contributed by atoms with Crippen LogP contribution in [-0.4, -0.2) is 41.1 Å². The molecule has 1 saturated heterocycles. The molecule has 0 bridgehead atoms. The van der Waals surface area contributed by atoms with Crippen molar-refractivity contribution in [2.75, 3.05) is 13.1 Å². The first-order chi connectivity index (χ1) is 9.68. The summed E-state index contributed by atoms with van der Waals surface area (Å²) in [7, 11) is 0. The molecule has 5 nitrogen and oxygen atoms in total. The number of amides is 2. The third-order valence-electron chi connectivity index (χ3n) is 4.63. The molecule has 2 amide bonds. The largest absolute Gasteiger partial charge is 0.465 e. The van der Waals surface area contributed by atoms with Gasteiger partial charge in [0.05, 0.1) is 0 Å². The highest BCUT2D eigenvalue weighted by Gasteiger charge is 2.35. The van der Waals surface area contributed by atoms with Crippen LogP contribution in [0.5, 0.6) is 0 Å². The quantitative estimate of drug-likeness (QED) is 0.557. The van der Waals surface area contributed by atoms with E-state index in [1.807, 2.05) is 0 Å². The second kappa shape index (κ2) is 7.50. The second-order valence-corrected chi connectivity index (χ2v) is 6.09. The van der Waals surface area contributed by atoms with Crippen molar-refractivity contribution in [3.8, 4) is 0 Å². The van der Waals surface area contributed by atoms with Crippen molar-refractivity contribution < 1.29 is 14.7 Å². The summed E-state index contributed by atoms with van der Waals surface area (Å²) in [5, 5.41) is 11.7. The molecule has 2 fully saturated rings. The predicted molar refractivity (Wildman–Crippen MR) is 76.6 cm³/mol. The minimum absolute atomic E-state index is 0.158. The van der Waals surface area contributed by atoms with Crippen LogP contribution in [0.1, 0.15) is 57.8 Å². The monoisotopic (exact) mass is 282 g/mol. The van der Waals surface area contributed by atoms with Crippen molar-refractivity contribution in [2.45, 2.75) is 63.8 Å². The fourth-order valence-corrected chi connectivity index (χ4v) is 3.28. The zero-order chi connectivity index (χ0) is 14.4. The molecular formula is C15H26N2O3. The van der Waals surface area contributed by atoms with Crippen molar-refractivity contribution in [3.63, 3.8) is 0 Å². The van der Waals surface area contributed by atoms with Crippen LogP contribution in [0.25, 0.3) is 0 Å². The van der Waals surface area contributed by atoms with Gasteiger partial charge < -0.3 is 10.4 Å². The van der Waals surface area contributed by atoms with Crippen molar-refractivity contribution in [1.82, 2.24) is 10.2 Å². The lowest BCUT2D eigenvalue weighted by molar-refractivity contribution is -0.132. The number of nitrogens with zero attached hydrogens (tertiary/aromatic N) is 1. The van der Waals surface area contributed by atoms with E-state index in [0.29, 0.717) is 13.1 Å². The summed E-state index contributed by atoms with van der Waals surface area (Å²) < 4.78 is 0. The number of carbonyl (C=O) groups is 2. The van der Waals surface area contributed by atoms with Crippen LogP contribution in [0.15, 0.2) is 0 Å². The van der Waals surface area contributed by atoms with Crippen LogP contribution in [0.3, 0.4) is 0 Å². The van der Waals surface area contributed by atoms with Gasteiger partial charge in [0, 0.05) is 13.1 Å². The molecule has 2 aliphatic rings. The number of carboxylic acid groups (broad SMARTS) is 1. The maximum atomic E-state index is 11.3. The van der Waals surface area contributed by atoms with E-state index >= 15 is 0 Å². The molecule has 2 rings (SSSR count). The molecule has 0 aromatic rings. The Hall–Kier alpha value is -1.26. The smallest absolute Gasteiger partial charge is 0.408 e. The SMILES string of the molecule is O=C1NC[C@@H]1N(CCCCCC1CCCCC1)C(=O)O. The zero-order valence-electron chi connectivity index (χ0n) is 12.1. The standard InChI is InChI=1S/C15H26N2O3/c18-14-13(11-16-14)17(15(19)20)10-6-2-5-9-12-7-3-1-4-8-12/h12-13H,1-11H2,(H,16,18)(H,19,20)/t13-/m0/s1. The normalized spacial score (nSPS) is 23.0. The van der Waals surface area contributed by atoms with E-state index in [0.717, 1.165) is 18.8 Å². The summed E-state index contributed by atoms with van der Waals surface area (Å²) in [6.45, 7) is 0.950. The summed E-state index contributed by atoms with van der Waals surface area (Å²) in [5.41, 5.74) is 0. The molecule has 1 saturated carbocycles. The molecule has 0 spiro atoms. The third-order valence-corrected chi connectivity index (χ3v) is 4.63. The van der Waals surface area contributed by atoms with Gasteiger partial charge in [-0.3, -0.25) is 9.69 Å². The molecule has 0 aromatic carbocycles. The van der Waals surface area contributed by atoms with E-state index < -0.39 is 12.1 Å². The average molecular weight is 282 g/mol. The van der Waals surface area contributed by atoms with Crippen LogP contribution >= 0.6 is 0 Å². The topological polar surface area (TPSA) is 69.6 Å². The molecule has 114 valence electrons. The lowest BCUT2D eigenvalue weighted by atomic mass is 9.85. The van der Waals surface area contributed by atoms with Crippen molar-refractivity contribution >= 4 is 12.0 Å². The highest BCUT2D eigenvalue weighted by atomic mass is 16.4. The van der Waals surface area contributed by atoms with Crippen molar-refractivity contribution in [3.05, 3.63) is 0 Å². The average Bonchev–Trinajstić information content (AvgIpc) is 2.44. The number of hydrogen-bond acceptors (Lipinski definition) is 2. The van der Waals surface area contributed by atoms with Crippen molar-refractivity contribution in [2.24, 2.45) is 5.92 Å². The predicted octanol–water partition coefficient (Wildman–Crippen LogP) is 2.61. The fourth-order valence-electron chi connectivity index (χ4n) is 3.28. The van der Waals surface area contributed by atoms with Gasteiger partial charge in [0.15, 0.2) is 0 Å². The molecule has 5 heteroatoms. The highest BCUT2D eigenvalue weighted by molar-refractivity contribution is 5.90. The molecule has 0 radical (unpaired) electrons. The van der Waals surface area contributed by atoms with Gasteiger partial charge in [0.1, 0.15) is 6.04 Å². The Kier molecular flexibility index (Phi) is 5.68. The number of unbranched alkanes of at least 4 members (excludes halogenated alkanes) is 2. The van der Waals surface area contributed by atoms with Gasteiger partial charge in [-0.1, -0.05) is 51.4 Å². The minimum Gasteiger partial charge on any atom is -0.465 e. The molecular weight excluding hydrogens is 256 g/mol. The summed E-state index contributed by atoms with van der Waals surface area (Å²) in [6.07, 6.45) is 10.4. The lowest BCUT2D eigenvalue weighted by Crippen LogP contribution is -2.63. The third kappa shape index (κ3) is 4.12. The molecule has 1 aliphatic carbocycles. The van der Waals surface area contributed by atoms with Gasteiger partial charge in [-0.25, -0.2) is 4.79 Å². The van der Waals surface area contributed by atoms with Crippen LogP contribution in [0.2, 0.25) is 0 Å².